The summed E-state index contributed by atoms with van der Waals surface area (Å²) in [5.74, 6) is 1.92. The van der Waals surface area contributed by atoms with Crippen molar-refractivity contribution in [2.75, 3.05) is 39.8 Å². The van der Waals surface area contributed by atoms with Crippen LogP contribution in [0.25, 0.3) is 0 Å². The van der Waals surface area contributed by atoms with E-state index in [4.69, 9.17) is 4.74 Å². The standard InChI is InChI=1S/C27H37N2.C22H26N3O2.Au/c1-18(2)22-11-9-12-23(19(3)4)26(22)28-15-16-29(17-28)27-24(20(5)6)13-10-14-25(27)21(7)8;1-17-14-18(2)21(19(3)15-17)25-11-10-24(16-25)12-13-27-22(26)23(4)20-8-6-5-7-9-20;/h9-21H,1-8H3;5-11,14-16H,12-13H2,1-4H3;/q2*-1;. The van der Waals surface area contributed by atoms with Gasteiger partial charge < -0.3 is 24.3 Å². The third kappa shape index (κ3) is 11.0. The fraction of sp³-hybridized carbons (Fsp3) is 0.367. The minimum Gasteiger partial charge on any atom is -0.505 e. The molecule has 0 saturated carbocycles. The molecule has 4 aromatic rings. The molecule has 0 unspecified atom stereocenters. The van der Waals surface area contributed by atoms with Gasteiger partial charge in [-0.3, -0.25) is 4.90 Å². The predicted molar refractivity (Wildman–Crippen MR) is 237 cm³/mol. The van der Waals surface area contributed by atoms with E-state index in [0.29, 0.717) is 36.8 Å². The van der Waals surface area contributed by atoms with Crippen LogP contribution in [0.15, 0.2) is 104 Å². The molecule has 1 amide bonds. The first-order chi connectivity index (χ1) is 26.7. The number of amides is 1. The van der Waals surface area contributed by atoms with Crippen LogP contribution < -0.4 is 19.6 Å². The molecule has 7 nitrogen and oxygen atoms in total. The van der Waals surface area contributed by atoms with Crippen molar-refractivity contribution in [1.29, 1.82) is 0 Å². The largest absolute Gasteiger partial charge is 0.505 e. The van der Waals surface area contributed by atoms with Crippen LogP contribution in [0.4, 0.5) is 27.5 Å². The Bertz CT molecular complexity index is 1860. The van der Waals surface area contributed by atoms with Gasteiger partial charge >= 0.3 is 6.09 Å². The molecule has 6 rings (SSSR count). The molecule has 0 N–H and O–H groups in total. The summed E-state index contributed by atoms with van der Waals surface area (Å²) >= 11 is 0. The number of carbonyl (C=O) groups excluding carboxylic acids is 1. The Morgan fingerprint density at radius 1 is 0.596 bits per heavy atom. The molecule has 0 atom stereocenters. The first-order valence-corrected chi connectivity index (χ1v) is 20.1. The number of hydrogen-bond donors (Lipinski definition) is 0. The second-order valence-electron chi connectivity index (χ2n) is 16.2. The molecule has 0 aromatic heterocycles. The smallest absolute Gasteiger partial charge is 0.414 e. The topological polar surface area (TPSA) is 42.5 Å². The maximum absolute atomic E-state index is 12.2. The molecule has 2 heterocycles. The molecule has 0 spiro atoms. The van der Waals surface area contributed by atoms with Gasteiger partial charge in [0.2, 0.25) is 0 Å². The normalized spacial score (nSPS) is 13.5. The van der Waals surface area contributed by atoms with Gasteiger partial charge in [0, 0.05) is 58.7 Å². The summed E-state index contributed by atoms with van der Waals surface area (Å²) in [7, 11) is 1.71. The van der Waals surface area contributed by atoms with Gasteiger partial charge in [0.05, 0.1) is 0 Å². The molecule has 0 aliphatic carbocycles. The van der Waals surface area contributed by atoms with Crippen molar-refractivity contribution in [2.24, 2.45) is 0 Å². The SMILES string of the molecule is CC(C)c1cccc(C(C)C)c1N1C=CN(c2c(C(C)C)cccc2C(C)C)[CH-]1.Cc1cc(C)c(N2C=CN(CCOC(=O)N(C)c3ccccc3)[CH-]2)c(C)c1.[Au]. The van der Waals surface area contributed by atoms with E-state index in [2.05, 4.69) is 158 Å². The molecule has 0 fully saturated rings. The summed E-state index contributed by atoms with van der Waals surface area (Å²) in [6.07, 6.45) is 8.10. The van der Waals surface area contributed by atoms with Crippen molar-refractivity contribution in [3.05, 3.63) is 156 Å². The second kappa shape index (κ2) is 20.3. The zero-order valence-corrected chi connectivity index (χ0v) is 38.2. The van der Waals surface area contributed by atoms with Crippen molar-refractivity contribution in [1.82, 2.24) is 4.90 Å². The van der Waals surface area contributed by atoms with Crippen LogP contribution in [0, 0.1) is 34.1 Å². The summed E-state index contributed by atoms with van der Waals surface area (Å²) in [5.41, 5.74) is 14.0. The van der Waals surface area contributed by atoms with E-state index >= 15 is 0 Å². The van der Waals surface area contributed by atoms with Gasteiger partial charge in [-0.15, -0.1) is 6.67 Å². The van der Waals surface area contributed by atoms with Gasteiger partial charge in [-0.2, -0.15) is 6.67 Å². The van der Waals surface area contributed by atoms with E-state index in [-0.39, 0.29) is 28.5 Å². The van der Waals surface area contributed by atoms with Crippen LogP contribution in [0.1, 0.15) is 118 Å². The zero-order valence-electron chi connectivity index (χ0n) is 36.0. The molecular weight excluding hydrogens is 888 g/mol. The van der Waals surface area contributed by atoms with Crippen LogP contribution in [0.2, 0.25) is 0 Å². The first-order valence-electron chi connectivity index (χ1n) is 20.1. The van der Waals surface area contributed by atoms with E-state index in [1.165, 1.54) is 60.9 Å². The Balaban J connectivity index is 0.000000249. The van der Waals surface area contributed by atoms with Crippen LogP contribution in [-0.2, 0) is 27.1 Å². The van der Waals surface area contributed by atoms with E-state index in [0.717, 1.165) is 5.69 Å². The quantitative estimate of drug-likeness (QED) is 0.110. The van der Waals surface area contributed by atoms with Gasteiger partial charge in [0.1, 0.15) is 6.61 Å². The number of aryl methyl sites for hydroxylation is 3. The van der Waals surface area contributed by atoms with Crippen LogP contribution in [-0.4, -0.2) is 31.2 Å². The summed E-state index contributed by atoms with van der Waals surface area (Å²) in [4.78, 5) is 22.5. The second-order valence-corrected chi connectivity index (χ2v) is 16.2. The predicted octanol–water partition coefficient (Wildman–Crippen LogP) is 12.7. The summed E-state index contributed by atoms with van der Waals surface area (Å²) in [6, 6.07) is 27.4. The van der Waals surface area contributed by atoms with Crippen molar-refractivity contribution >= 4 is 28.8 Å². The van der Waals surface area contributed by atoms with Gasteiger partial charge in [-0.25, -0.2) is 4.79 Å². The Morgan fingerprint density at radius 3 is 1.46 bits per heavy atom. The summed E-state index contributed by atoms with van der Waals surface area (Å²) in [5, 5.41) is 0. The average molecular weight is 951 g/mol. The Kier molecular flexibility index (Phi) is 16.1. The van der Waals surface area contributed by atoms with E-state index in [9.17, 15) is 4.79 Å². The Labute approximate surface area is 359 Å². The molecule has 57 heavy (non-hydrogen) atoms. The van der Waals surface area contributed by atoms with Crippen molar-refractivity contribution in [3.8, 4) is 0 Å². The van der Waals surface area contributed by atoms with Crippen LogP contribution in [0.3, 0.4) is 0 Å². The average Bonchev–Trinajstić information content (AvgIpc) is 3.84. The Morgan fingerprint density at radius 2 is 1.02 bits per heavy atom. The number of rotatable bonds is 11. The zero-order chi connectivity index (χ0) is 40.7. The summed E-state index contributed by atoms with van der Waals surface area (Å²) < 4.78 is 5.40. The molecule has 2 aliphatic heterocycles. The minimum atomic E-state index is -0.355. The number of anilines is 4. The minimum absolute atomic E-state index is 0. The third-order valence-electron chi connectivity index (χ3n) is 10.4. The number of para-hydroxylation sites is 3. The number of nitrogens with zero attached hydrogens (tertiary/aromatic N) is 5. The van der Waals surface area contributed by atoms with Crippen molar-refractivity contribution in [3.63, 3.8) is 0 Å². The fourth-order valence-corrected chi connectivity index (χ4v) is 7.57. The van der Waals surface area contributed by atoms with Crippen LogP contribution in [0.5, 0.6) is 0 Å². The summed E-state index contributed by atoms with van der Waals surface area (Å²) in [6.45, 7) is 29.8. The van der Waals surface area contributed by atoms with Crippen LogP contribution >= 0.6 is 0 Å². The van der Waals surface area contributed by atoms with E-state index < -0.39 is 0 Å². The van der Waals surface area contributed by atoms with Crippen molar-refractivity contribution < 1.29 is 31.9 Å². The monoisotopic (exact) mass is 950 g/mol. The van der Waals surface area contributed by atoms with Gasteiger partial charge in [0.25, 0.3) is 0 Å². The van der Waals surface area contributed by atoms with Gasteiger partial charge in [-0.05, 0) is 115 Å². The number of hydrogen-bond acceptors (Lipinski definition) is 6. The number of carbonyl (C=O) groups is 1. The molecule has 309 valence electrons. The van der Waals surface area contributed by atoms with Gasteiger partial charge in [-0.1, -0.05) is 128 Å². The fourth-order valence-electron chi connectivity index (χ4n) is 7.57. The first kappa shape index (κ1) is 45.3. The molecule has 1 radical (unpaired) electrons. The molecule has 2 aliphatic rings. The van der Waals surface area contributed by atoms with E-state index in [1.807, 2.05) is 54.3 Å². The molecule has 0 bridgehead atoms. The molecule has 8 heteroatoms. The third-order valence-corrected chi connectivity index (χ3v) is 10.4. The maximum atomic E-state index is 12.2. The number of ether oxygens (including phenoxy) is 1. The molecule has 4 aromatic carbocycles. The molecular formula is C49H63AuN5O2-2. The molecule has 0 saturated heterocycles. The maximum Gasteiger partial charge on any atom is 0.414 e. The van der Waals surface area contributed by atoms with E-state index in [1.54, 1.807) is 7.05 Å². The van der Waals surface area contributed by atoms with Gasteiger partial charge in [0.15, 0.2) is 0 Å². The number of benzene rings is 4. The Hall–Kier alpha value is -4.43. The van der Waals surface area contributed by atoms with Crippen molar-refractivity contribution in [2.45, 2.75) is 99.8 Å².